The third-order valence-electron chi connectivity index (χ3n) is 3.41. The standard InChI is InChI=1S/C13H17N3O/c1-9(2)13(3)12(17)16(4)11(15-13)10-7-5-6-8-14-10/h5-9H,1-4H3/t13-/m1/s1. The number of rotatable bonds is 2. The summed E-state index contributed by atoms with van der Waals surface area (Å²) in [4.78, 5) is 22.7. The van der Waals surface area contributed by atoms with Gasteiger partial charge in [-0.05, 0) is 25.0 Å². The highest BCUT2D eigenvalue weighted by molar-refractivity contribution is 6.14. The lowest BCUT2D eigenvalue weighted by Gasteiger charge is -2.23. The Balaban J connectivity index is 2.47. The van der Waals surface area contributed by atoms with Crippen LogP contribution < -0.4 is 0 Å². The molecule has 1 amide bonds. The molecule has 0 aliphatic carbocycles. The average Bonchev–Trinajstić information content (AvgIpc) is 2.56. The van der Waals surface area contributed by atoms with Gasteiger partial charge in [-0.15, -0.1) is 0 Å². The Bertz CT molecular complexity index is 467. The van der Waals surface area contributed by atoms with Crippen molar-refractivity contribution in [2.45, 2.75) is 26.3 Å². The van der Waals surface area contributed by atoms with E-state index in [1.165, 1.54) is 0 Å². The minimum absolute atomic E-state index is 0.0353. The lowest BCUT2D eigenvalue weighted by molar-refractivity contribution is -0.131. The van der Waals surface area contributed by atoms with E-state index in [0.29, 0.717) is 5.84 Å². The molecular formula is C13H17N3O. The molecule has 0 saturated carbocycles. The summed E-state index contributed by atoms with van der Waals surface area (Å²) in [5, 5.41) is 0. The molecule has 0 radical (unpaired) electrons. The Labute approximate surface area is 101 Å². The van der Waals surface area contributed by atoms with E-state index in [9.17, 15) is 4.79 Å². The Morgan fingerprint density at radius 2 is 2.06 bits per heavy atom. The van der Waals surface area contributed by atoms with Crippen LogP contribution in [0.15, 0.2) is 29.4 Å². The molecule has 90 valence electrons. The summed E-state index contributed by atoms with van der Waals surface area (Å²) in [6.45, 7) is 5.90. The van der Waals surface area contributed by atoms with E-state index in [2.05, 4.69) is 9.98 Å². The first-order valence-corrected chi connectivity index (χ1v) is 5.76. The largest absolute Gasteiger partial charge is 0.296 e. The van der Waals surface area contributed by atoms with Crippen molar-refractivity contribution in [2.75, 3.05) is 7.05 Å². The molecule has 1 aliphatic rings. The van der Waals surface area contributed by atoms with Gasteiger partial charge in [0, 0.05) is 13.2 Å². The molecule has 1 atom stereocenters. The van der Waals surface area contributed by atoms with Crippen molar-refractivity contribution in [1.29, 1.82) is 0 Å². The van der Waals surface area contributed by atoms with Crippen molar-refractivity contribution >= 4 is 11.7 Å². The predicted octanol–water partition coefficient (Wildman–Crippen LogP) is 1.71. The van der Waals surface area contributed by atoms with Crippen LogP contribution in [-0.4, -0.2) is 34.2 Å². The number of amides is 1. The number of amidine groups is 1. The SMILES string of the molecule is CC(C)[C@@]1(C)N=C(c2ccccn2)N(C)C1=O. The normalized spacial score (nSPS) is 24.4. The number of nitrogens with zero attached hydrogens (tertiary/aromatic N) is 3. The van der Waals surface area contributed by atoms with Crippen molar-refractivity contribution in [3.8, 4) is 0 Å². The Hall–Kier alpha value is -1.71. The molecule has 1 aliphatic heterocycles. The summed E-state index contributed by atoms with van der Waals surface area (Å²) >= 11 is 0. The summed E-state index contributed by atoms with van der Waals surface area (Å²) in [6.07, 6.45) is 1.71. The zero-order valence-corrected chi connectivity index (χ0v) is 10.6. The van der Waals surface area contributed by atoms with Crippen LogP contribution in [0.5, 0.6) is 0 Å². The summed E-state index contributed by atoms with van der Waals surface area (Å²) in [5.41, 5.74) is 0.0782. The molecule has 0 spiro atoms. The number of carbonyl (C=O) groups is 1. The van der Waals surface area contributed by atoms with Crippen LogP contribution in [0.2, 0.25) is 0 Å². The molecule has 1 aromatic rings. The first-order chi connectivity index (χ1) is 7.97. The fourth-order valence-electron chi connectivity index (χ4n) is 1.88. The fraction of sp³-hybridized carbons (Fsp3) is 0.462. The number of pyridine rings is 1. The highest BCUT2D eigenvalue weighted by Gasteiger charge is 2.45. The summed E-state index contributed by atoms with van der Waals surface area (Å²) in [6, 6.07) is 5.62. The van der Waals surface area contributed by atoms with Crippen molar-refractivity contribution in [3.63, 3.8) is 0 Å². The number of carbonyl (C=O) groups excluding carboxylic acids is 1. The third kappa shape index (κ3) is 1.73. The highest BCUT2D eigenvalue weighted by Crippen LogP contribution is 2.30. The Kier molecular flexibility index (Phi) is 2.73. The second kappa shape index (κ2) is 3.95. The van der Waals surface area contributed by atoms with Crippen LogP contribution in [0.25, 0.3) is 0 Å². The Morgan fingerprint density at radius 1 is 1.35 bits per heavy atom. The van der Waals surface area contributed by atoms with Gasteiger partial charge in [0.15, 0.2) is 5.84 Å². The number of aromatic nitrogens is 1. The first-order valence-electron chi connectivity index (χ1n) is 5.76. The quantitative estimate of drug-likeness (QED) is 0.778. The number of hydrogen-bond donors (Lipinski definition) is 0. The summed E-state index contributed by atoms with van der Waals surface area (Å²) in [5.74, 6) is 0.860. The van der Waals surface area contributed by atoms with Crippen molar-refractivity contribution in [2.24, 2.45) is 10.9 Å². The maximum absolute atomic E-state index is 12.2. The summed E-state index contributed by atoms with van der Waals surface area (Å²) < 4.78 is 0. The van der Waals surface area contributed by atoms with Crippen LogP contribution in [-0.2, 0) is 4.79 Å². The smallest absolute Gasteiger partial charge is 0.255 e. The molecule has 17 heavy (non-hydrogen) atoms. The lowest BCUT2D eigenvalue weighted by Crippen LogP contribution is -2.42. The van der Waals surface area contributed by atoms with Crippen LogP contribution in [0.4, 0.5) is 0 Å². The molecule has 4 nitrogen and oxygen atoms in total. The lowest BCUT2D eigenvalue weighted by atomic mass is 9.89. The van der Waals surface area contributed by atoms with Gasteiger partial charge in [-0.1, -0.05) is 19.9 Å². The molecule has 2 heterocycles. The molecule has 0 saturated heterocycles. The number of aliphatic imine (C=N–C) groups is 1. The van der Waals surface area contributed by atoms with E-state index in [-0.39, 0.29) is 11.8 Å². The zero-order chi connectivity index (χ0) is 12.6. The average molecular weight is 231 g/mol. The van der Waals surface area contributed by atoms with Crippen LogP contribution in [0.3, 0.4) is 0 Å². The number of hydrogen-bond acceptors (Lipinski definition) is 3. The molecular weight excluding hydrogens is 214 g/mol. The van der Waals surface area contributed by atoms with Crippen LogP contribution in [0, 0.1) is 5.92 Å². The van der Waals surface area contributed by atoms with Crippen molar-refractivity contribution in [3.05, 3.63) is 30.1 Å². The number of likely N-dealkylation sites (N-methyl/N-ethyl adjacent to an activating group) is 1. The van der Waals surface area contributed by atoms with E-state index in [4.69, 9.17) is 0 Å². The van der Waals surface area contributed by atoms with Crippen LogP contribution >= 0.6 is 0 Å². The van der Waals surface area contributed by atoms with E-state index in [1.807, 2.05) is 39.0 Å². The van der Waals surface area contributed by atoms with Gasteiger partial charge in [0.2, 0.25) is 0 Å². The van der Waals surface area contributed by atoms with Gasteiger partial charge in [-0.3, -0.25) is 14.7 Å². The first kappa shape index (κ1) is 11.8. The van der Waals surface area contributed by atoms with Gasteiger partial charge in [0.05, 0.1) is 0 Å². The second-order valence-electron chi connectivity index (χ2n) is 4.82. The minimum Gasteiger partial charge on any atom is -0.296 e. The molecule has 1 aromatic heterocycles. The van der Waals surface area contributed by atoms with E-state index in [1.54, 1.807) is 18.1 Å². The molecule has 0 N–H and O–H groups in total. The van der Waals surface area contributed by atoms with Gasteiger partial charge < -0.3 is 0 Å². The van der Waals surface area contributed by atoms with Crippen LogP contribution in [0.1, 0.15) is 26.5 Å². The molecule has 0 unspecified atom stereocenters. The van der Waals surface area contributed by atoms with E-state index >= 15 is 0 Å². The maximum Gasteiger partial charge on any atom is 0.255 e. The van der Waals surface area contributed by atoms with Gasteiger partial charge in [-0.2, -0.15) is 0 Å². The van der Waals surface area contributed by atoms with E-state index < -0.39 is 5.54 Å². The predicted molar refractivity (Wildman–Crippen MR) is 66.8 cm³/mol. The van der Waals surface area contributed by atoms with Crippen molar-refractivity contribution < 1.29 is 4.79 Å². The van der Waals surface area contributed by atoms with E-state index in [0.717, 1.165) is 5.69 Å². The van der Waals surface area contributed by atoms with Gasteiger partial charge in [0.1, 0.15) is 11.2 Å². The molecule has 2 rings (SSSR count). The topological polar surface area (TPSA) is 45.6 Å². The molecule has 0 bridgehead atoms. The zero-order valence-electron chi connectivity index (χ0n) is 10.6. The van der Waals surface area contributed by atoms with Gasteiger partial charge in [0.25, 0.3) is 5.91 Å². The maximum atomic E-state index is 12.2. The monoisotopic (exact) mass is 231 g/mol. The van der Waals surface area contributed by atoms with Gasteiger partial charge in [-0.25, -0.2) is 4.99 Å². The molecule has 0 aromatic carbocycles. The molecule has 0 fully saturated rings. The Morgan fingerprint density at radius 3 is 2.53 bits per heavy atom. The molecule has 4 heteroatoms. The highest BCUT2D eigenvalue weighted by atomic mass is 16.2. The summed E-state index contributed by atoms with van der Waals surface area (Å²) in [7, 11) is 1.75. The minimum atomic E-state index is -0.665. The fourth-order valence-corrected chi connectivity index (χ4v) is 1.88. The third-order valence-corrected chi connectivity index (χ3v) is 3.41. The van der Waals surface area contributed by atoms with Gasteiger partial charge >= 0.3 is 0 Å². The van der Waals surface area contributed by atoms with Crippen molar-refractivity contribution in [1.82, 2.24) is 9.88 Å². The second-order valence-corrected chi connectivity index (χ2v) is 4.82.